The van der Waals surface area contributed by atoms with Crippen molar-refractivity contribution in [3.05, 3.63) is 27.7 Å². The highest BCUT2D eigenvalue weighted by Gasteiger charge is 2.27. The van der Waals surface area contributed by atoms with E-state index in [0.29, 0.717) is 33.9 Å². The number of nitrogens with zero attached hydrogens (tertiary/aromatic N) is 1. The fourth-order valence-electron chi connectivity index (χ4n) is 2.88. The Morgan fingerprint density at radius 2 is 1.95 bits per heavy atom. The van der Waals surface area contributed by atoms with Crippen molar-refractivity contribution in [2.24, 2.45) is 0 Å². The van der Waals surface area contributed by atoms with Crippen LogP contribution in [0.15, 0.2) is 12.1 Å². The Balaban J connectivity index is 2.28. The van der Waals surface area contributed by atoms with Crippen LogP contribution < -0.4 is 5.73 Å². The molecule has 0 aliphatic heterocycles. The van der Waals surface area contributed by atoms with Gasteiger partial charge in [-0.3, -0.25) is 4.79 Å². The molecule has 0 atom stereocenters. The maximum Gasteiger partial charge on any atom is 0.255 e. The number of anilines is 1. The summed E-state index contributed by atoms with van der Waals surface area (Å²) in [5.74, 6) is -0.0707. The number of amides is 1. The van der Waals surface area contributed by atoms with E-state index in [1.807, 2.05) is 11.8 Å². The molecule has 0 radical (unpaired) electrons. The number of benzene rings is 1. The Bertz CT molecular complexity index is 499. The lowest BCUT2D eigenvalue weighted by atomic mass is 9.93. The minimum Gasteiger partial charge on any atom is -0.399 e. The highest BCUT2D eigenvalue weighted by atomic mass is 35.5. The minimum absolute atomic E-state index is 0.0707. The molecule has 1 saturated carbocycles. The molecule has 1 amide bonds. The summed E-state index contributed by atoms with van der Waals surface area (Å²) >= 11 is 12.2. The number of carbonyl (C=O) groups is 1. The van der Waals surface area contributed by atoms with Crippen molar-refractivity contribution in [1.29, 1.82) is 0 Å². The third kappa shape index (κ3) is 3.21. The van der Waals surface area contributed by atoms with Gasteiger partial charge in [-0.15, -0.1) is 0 Å². The molecule has 0 spiro atoms. The molecule has 1 aromatic rings. The Morgan fingerprint density at radius 1 is 1.30 bits per heavy atom. The molecule has 1 aliphatic rings. The van der Waals surface area contributed by atoms with Crippen LogP contribution in [0.25, 0.3) is 0 Å². The molecule has 2 N–H and O–H groups in total. The van der Waals surface area contributed by atoms with Gasteiger partial charge < -0.3 is 10.6 Å². The zero-order valence-corrected chi connectivity index (χ0v) is 13.2. The van der Waals surface area contributed by atoms with Gasteiger partial charge in [0.15, 0.2) is 0 Å². The lowest BCUT2D eigenvalue weighted by molar-refractivity contribution is 0.0648. The van der Waals surface area contributed by atoms with Crippen LogP contribution in [0.3, 0.4) is 0 Å². The molecule has 1 aromatic carbocycles. The zero-order valence-electron chi connectivity index (χ0n) is 11.7. The first-order valence-corrected chi connectivity index (χ1v) is 7.85. The van der Waals surface area contributed by atoms with E-state index in [0.717, 1.165) is 12.8 Å². The van der Waals surface area contributed by atoms with Crippen LogP contribution >= 0.6 is 23.2 Å². The molecular weight excluding hydrogens is 295 g/mol. The fourth-order valence-corrected chi connectivity index (χ4v) is 3.30. The quantitative estimate of drug-likeness (QED) is 0.842. The third-order valence-corrected chi connectivity index (χ3v) is 4.70. The van der Waals surface area contributed by atoms with Crippen LogP contribution in [-0.4, -0.2) is 23.4 Å². The van der Waals surface area contributed by atoms with Crippen molar-refractivity contribution >= 4 is 34.8 Å². The van der Waals surface area contributed by atoms with Gasteiger partial charge in [0.2, 0.25) is 0 Å². The van der Waals surface area contributed by atoms with E-state index in [2.05, 4.69) is 0 Å². The Hall–Kier alpha value is -0.930. The largest absolute Gasteiger partial charge is 0.399 e. The van der Waals surface area contributed by atoms with Gasteiger partial charge in [-0.05, 0) is 31.9 Å². The van der Waals surface area contributed by atoms with Crippen LogP contribution in [0.2, 0.25) is 10.0 Å². The van der Waals surface area contributed by atoms with E-state index < -0.39 is 0 Å². The minimum atomic E-state index is -0.0707. The first kappa shape index (κ1) is 15.5. The molecule has 110 valence electrons. The third-order valence-electron chi connectivity index (χ3n) is 3.90. The van der Waals surface area contributed by atoms with Crippen LogP contribution in [0.4, 0.5) is 5.69 Å². The van der Waals surface area contributed by atoms with Crippen LogP contribution in [0, 0.1) is 0 Å². The second-order valence-corrected chi connectivity index (χ2v) is 6.03. The summed E-state index contributed by atoms with van der Waals surface area (Å²) in [6, 6.07) is 3.48. The number of halogens is 2. The first-order chi connectivity index (χ1) is 9.54. The van der Waals surface area contributed by atoms with Gasteiger partial charge in [-0.1, -0.05) is 42.5 Å². The highest BCUT2D eigenvalue weighted by Crippen LogP contribution is 2.31. The number of hydrogen-bond donors (Lipinski definition) is 1. The van der Waals surface area contributed by atoms with Crippen LogP contribution in [-0.2, 0) is 0 Å². The first-order valence-electron chi connectivity index (χ1n) is 7.10. The smallest absolute Gasteiger partial charge is 0.255 e. The molecule has 20 heavy (non-hydrogen) atoms. The average Bonchev–Trinajstić information content (AvgIpc) is 2.44. The van der Waals surface area contributed by atoms with Crippen molar-refractivity contribution in [2.75, 3.05) is 12.3 Å². The van der Waals surface area contributed by atoms with E-state index in [4.69, 9.17) is 28.9 Å². The lowest BCUT2D eigenvalue weighted by Crippen LogP contribution is -2.41. The van der Waals surface area contributed by atoms with E-state index in [9.17, 15) is 4.79 Å². The SMILES string of the molecule is CCN(C(=O)c1cc(N)cc(Cl)c1Cl)C1CCCCC1. The summed E-state index contributed by atoms with van der Waals surface area (Å²) in [6.07, 6.45) is 5.74. The van der Waals surface area contributed by atoms with Gasteiger partial charge in [0.1, 0.15) is 0 Å². The zero-order chi connectivity index (χ0) is 14.7. The van der Waals surface area contributed by atoms with E-state index >= 15 is 0 Å². The summed E-state index contributed by atoms with van der Waals surface area (Å²) in [7, 11) is 0. The van der Waals surface area contributed by atoms with Crippen molar-refractivity contribution in [2.45, 2.75) is 45.1 Å². The summed E-state index contributed by atoms with van der Waals surface area (Å²) in [6.45, 7) is 2.67. The number of nitrogen functional groups attached to an aromatic ring is 1. The van der Waals surface area contributed by atoms with Gasteiger partial charge >= 0.3 is 0 Å². The van der Waals surface area contributed by atoms with Crippen molar-refractivity contribution < 1.29 is 4.79 Å². The van der Waals surface area contributed by atoms with Crippen molar-refractivity contribution in [3.8, 4) is 0 Å². The molecule has 1 fully saturated rings. The topological polar surface area (TPSA) is 46.3 Å². The summed E-state index contributed by atoms with van der Waals surface area (Å²) in [5, 5.41) is 0.620. The van der Waals surface area contributed by atoms with Gasteiger partial charge in [-0.25, -0.2) is 0 Å². The molecule has 1 aliphatic carbocycles. The monoisotopic (exact) mass is 314 g/mol. The normalized spacial score (nSPS) is 16.1. The van der Waals surface area contributed by atoms with Crippen molar-refractivity contribution in [1.82, 2.24) is 4.90 Å². The second-order valence-electron chi connectivity index (χ2n) is 5.25. The van der Waals surface area contributed by atoms with E-state index in [1.165, 1.54) is 19.3 Å². The molecule has 5 heteroatoms. The van der Waals surface area contributed by atoms with Crippen LogP contribution in [0.5, 0.6) is 0 Å². The van der Waals surface area contributed by atoms with Gasteiger partial charge in [0.25, 0.3) is 5.91 Å². The van der Waals surface area contributed by atoms with E-state index in [1.54, 1.807) is 12.1 Å². The standard InChI is InChI=1S/C15H20Cl2N2O/c1-2-19(11-6-4-3-5-7-11)15(20)12-8-10(18)9-13(16)14(12)17/h8-9,11H,2-7,18H2,1H3. The predicted octanol–water partition coefficient (Wildman–Crippen LogP) is 4.37. The lowest BCUT2D eigenvalue weighted by Gasteiger charge is -2.34. The molecule has 0 aromatic heterocycles. The Morgan fingerprint density at radius 3 is 2.55 bits per heavy atom. The maximum atomic E-state index is 12.7. The molecule has 0 bridgehead atoms. The molecule has 3 nitrogen and oxygen atoms in total. The highest BCUT2D eigenvalue weighted by molar-refractivity contribution is 6.44. The van der Waals surface area contributed by atoms with Crippen molar-refractivity contribution in [3.63, 3.8) is 0 Å². The molecular formula is C15H20Cl2N2O. The van der Waals surface area contributed by atoms with Crippen LogP contribution in [0.1, 0.15) is 49.4 Å². The second kappa shape index (κ2) is 6.68. The molecule has 0 heterocycles. The maximum absolute atomic E-state index is 12.7. The number of hydrogen-bond acceptors (Lipinski definition) is 2. The molecule has 2 rings (SSSR count). The summed E-state index contributed by atoms with van der Waals surface area (Å²) in [4.78, 5) is 14.6. The van der Waals surface area contributed by atoms with E-state index in [-0.39, 0.29) is 5.91 Å². The Labute approximate surface area is 130 Å². The number of nitrogens with two attached hydrogens (primary N) is 1. The number of rotatable bonds is 3. The molecule has 0 unspecified atom stereocenters. The fraction of sp³-hybridized carbons (Fsp3) is 0.533. The van der Waals surface area contributed by atoms with Gasteiger partial charge in [0.05, 0.1) is 15.6 Å². The predicted molar refractivity (Wildman–Crippen MR) is 84.5 cm³/mol. The van der Waals surface area contributed by atoms with Gasteiger partial charge in [0, 0.05) is 18.3 Å². The summed E-state index contributed by atoms with van der Waals surface area (Å²) < 4.78 is 0. The average molecular weight is 315 g/mol. The Kier molecular flexibility index (Phi) is 5.17. The number of carbonyl (C=O) groups excluding carboxylic acids is 1. The summed E-state index contributed by atoms with van der Waals surface area (Å²) in [5.41, 5.74) is 6.64. The van der Waals surface area contributed by atoms with Gasteiger partial charge in [-0.2, -0.15) is 0 Å². The molecule has 0 saturated heterocycles.